The Hall–Kier alpha value is -1.93. The molecule has 2 fully saturated rings. The molecule has 1 atom stereocenters. The number of sulfonamides is 1. The van der Waals surface area contributed by atoms with Crippen molar-refractivity contribution in [3.63, 3.8) is 0 Å². The van der Waals surface area contributed by atoms with Crippen molar-refractivity contribution in [2.75, 3.05) is 26.2 Å². The maximum absolute atomic E-state index is 13.0. The number of hydrogen-bond acceptors (Lipinski definition) is 4. The molecule has 2 aliphatic rings. The van der Waals surface area contributed by atoms with Gasteiger partial charge in [0.25, 0.3) is 0 Å². The largest absolute Gasteiger partial charge is 0.352 e. The number of carbonyl (C=O) groups excluding carboxylic acids is 1. The van der Waals surface area contributed by atoms with Gasteiger partial charge in [0.1, 0.15) is 0 Å². The first-order valence-corrected chi connectivity index (χ1v) is 13.1. The number of benzene rings is 2. The van der Waals surface area contributed by atoms with Crippen molar-refractivity contribution in [3.8, 4) is 0 Å². The van der Waals surface area contributed by atoms with Crippen LogP contribution in [0.4, 0.5) is 0 Å². The monoisotopic (exact) mass is 475 g/mol. The Morgan fingerprint density at radius 2 is 1.72 bits per heavy atom. The zero-order chi connectivity index (χ0) is 22.6. The van der Waals surface area contributed by atoms with Crippen LogP contribution in [-0.4, -0.2) is 49.7 Å². The summed E-state index contributed by atoms with van der Waals surface area (Å²) >= 11 is 5.89. The molecular formula is C24H30ClN3O3S. The molecule has 172 valence electrons. The van der Waals surface area contributed by atoms with Gasteiger partial charge in [-0.3, -0.25) is 9.69 Å². The number of rotatable bonds is 7. The molecule has 4 rings (SSSR count). The Balaban J connectivity index is 1.34. The number of nitrogens with zero attached hydrogens (tertiary/aromatic N) is 2. The molecule has 6 nitrogen and oxygen atoms in total. The third kappa shape index (κ3) is 5.70. The van der Waals surface area contributed by atoms with Crippen molar-refractivity contribution in [2.45, 2.75) is 43.7 Å². The van der Waals surface area contributed by atoms with Crippen LogP contribution < -0.4 is 5.32 Å². The number of piperidine rings is 1. The van der Waals surface area contributed by atoms with E-state index < -0.39 is 10.0 Å². The van der Waals surface area contributed by atoms with Gasteiger partial charge in [-0.25, -0.2) is 8.42 Å². The molecular weight excluding hydrogens is 446 g/mol. The lowest BCUT2D eigenvalue weighted by atomic mass is 9.98. The van der Waals surface area contributed by atoms with Crippen molar-refractivity contribution < 1.29 is 13.2 Å². The molecule has 0 aliphatic carbocycles. The Bertz CT molecular complexity index is 1040. The first-order chi connectivity index (χ1) is 15.4. The van der Waals surface area contributed by atoms with Crippen LogP contribution >= 0.6 is 11.6 Å². The minimum Gasteiger partial charge on any atom is -0.352 e. The molecule has 2 saturated heterocycles. The Morgan fingerprint density at radius 1 is 1.00 bits per heavy atom. The lowest BCUT2D eigenvalue weighted by Gasteiger charge is -2.31. The molecule has 32 heavy (non-hydrogen) atoms. The van der Waals surface area contributed by atoms with E-state index in [4.69, 9.17) is 11.6 Å². The molecule has 0 spiro atoms. The number of hydrogen-bond donors (Lipinski definition) is 1. The molecule has 2 aromatic carbocycles. The SMILES string of the molecule is O=C(NCc1cccc(CN2CCCC2)c1)C1CCCN(S(=O)(=O)c2ccc(Cl)cc2)C1. The van der Waals surface area contributed by atoms with E-state index >= 15 is 0 Å². The van der Waals surface area contributed by atoms with Crippen molar-refractivity contribution in [1.82, 2.24) is 14.5 Å². The quantitative estimate of drug-likeness (QED) is 0.663. The average molecular weight is 476 g/mol. The first kappa shape index (κ1) is 23.2. The lowest BCUT2D eigenvalue weighted by molar-refractivity contribution is -0.126. The first-order valence-electron chi connectivity index (χ1n) is 11.3. The van der Waals surface area contributed by atoms with Gasteiger partial charge in [0.15, 0.2) is 0 Å². The van der Waals surface area contributed by atoms with E-state index in [2.05, 4.69) is 22.3 Å². The maximum atomic E-state index is 13.0. The Morgan fingerprint density at radius 3 is 2.47 bits per heavy atom. The van der Waals surface area contributed by atoms with E-state index in [1.54, 1.807) is 12.1 Å². The van der Waals surface area contributed by atoms with Gasteiger partial charge in [-0.1, -0.05) is 35.9 Å². The number of amides is 1. The smallest absolute Gasteiger partial charge is 0.243 e. The normalized spacial score (nSPS) is 20.3. The van der Waals surface area contributed by atoms with E-state index in [1.807, 2.05) is 12.1 Å². The molecule has 1 N–H and O–H groups in total. The zero-order valence-corrected chi connectivity index (χ0v) is 19.7. The highest BCUT2D eigenvalue weighted by Gasteiger charge is 2.33. The van der Waals surface area contributed by atoms with Gasteiger partial charge in [-0.2, -0.15) is 4.31 Å². The summed E-state index contributed by atoms with van der Waals surface area (Å²) in [4.78, 5) is 15.5. The van der Waals surface area contributed by atoms with Crippen LogP contribution in [0.3, 0.4) is 0 Å². The summed E-state index contributed by atoms with van der Waals surface area (Å²) in [5.74, 6) is -0.440. The van der Waals surface area contributed by atoms with Crippen molar-refractivity contribution in [3.05, 3.63) is 64.7 Å². The molecule has 0 aromatic heterocycles. The second-order valence-corrected chi connectivity index (χ2v) is 11.1. The molecule has 1 amide bonds. The van der Waals surface area contributed by atoms with Gasteiger partial charge in [0, 0.05) is 31.2 Å². The van der Waals surface area contributed by atoms with Crippen LogP contribution in [0.5, 0.6) is 0 Å². The standard InChI is InChI=1S/C24H30ClN3O3S/c25-22-8-10-23(11-9-22)32(30,31)28-14-4-7-21(18-28)24(29)26-16-19-5-3-6-20(15-19)17-27-12-1-2-13-27/h3,5-6,8-11,15,21H,1-2,4,7,12-14,16-18H2,(H,26,29). The average Bonchev–Trinajstić information content (AvgIpc) is 3.31. The fourth-order valence-electron chi connectivity index (χ4n) is 4.50. The highest BCUT2D eigenvalue weighted by molar-refractivity contribution is 7.89. The van der Waals surface area contributed by atoms with Gasteiger partial charge < -0.3 is 5.32 Å². The van der Waals surface area contributed by atoms with Crippen LogP contribution in [0.15, 0.2) is 53.4 Å². The minimum atomic E-state index is -3.64. The summed E-state index contributed by atoms with van der Waals surface area (Å²) in [6.45, 7) is 4.32. The van der Waals surface area contributed by atoms with Crippen LogP contribution in [0.25, 0.3) is 0 Å². The predicted octanol–water partition coefficient (Wildman–Crippen LogP) is 3.65. The molecule has 8 heteroatoms. The van der Waals surface area contributed by atoms with E-state index in [0.717, 1.165) is 25.2 Å². The molecule has 0 saturated carbocycles. The summed E-state index contributed by atoms with van der Waals surface area (Å²) in [5.41, 5.74) is 2.33. The van der Waals surface area contributed by atoms with E-state index in [9.17, 15) is 13.2 Å². The zero-order valence-electron chi connectivity index (χ0n) is 18.2. The number of likely N-dealkylation sites (tertiary alicyclic amines) is 1. The minimum absolute atomic E-state index is 0.0917. The van der Waals surface area contributed by atoms with E-state index in [0.29, 0.717) is 31.0 Å². The van der Waals surface area contributed by atoms with Crippen LogP contribution in [0.2, 0.25) is 5.02 Å². The van der Waals surface area contributed by atoms with Gasteiger partial charge in [-0.05, 0) is 74.2 Å². The van der Waals surface area contributed by atoms with Crippen molar-refractivity contribution in [2.24, 2.45) is 5.92 Å². The fraction of sp³-hybridized carbons (Fsp3) is 0.458. The molecule has 0 bridgehead atoms. The molecule has 2 heterocycles. The molecule has 0 radical (unpaired) electrons. The Kier molecular flexibility index (Phi) is 7.51. The number of halogens is 1. The summed E-state index contributed by atoms with van der Waals surface area (Å²) in [7, 11) is -3.64. The fourth-order valence-corrected chi connectivity index (χ4v) is 6.15. The van der Waals surface area contributed by atoms with Crippen LogP contribution in [0, 0.1) is 5.92 Å². The van der Waals surface area contributed by atoms with Crippen molar-refractivity contribution >= 4 is 27.5 Å². The summed E-state index contributed by atoms with van der Waals surface area (Å²) in [5, 5.41) is 3.51. The van der Waals surface area contributed by atoms with E-state index in [-0.39, 0.29) is 23.3 Å². The predicted molar refractivity (Wildman–Crippen MR) is 126 cm³/mol. The van der Waals surface area contributed by atoms with Crippen molar-refractivity contribution in [1.29, 1.82) is 0 Å². The highest BCUT2D eigenvalue weighted by Crippen LogP contribution is 2.25. The van der Waals surface area contributed by atoms with E-state index in [1.165, 1.54) is 34.8 Å². The van der Waals surface area contributed by atoms with Gasteiger partial charge in [-0.15, -0.1) is 0 Å². The van der Waals surface area contributed by atoms with Gasteiger partial charge in [0.05, 0.1) is 10.8 Å². The lowest BCUT2D eigenvalue weighted by Crippen LogP contribution is -2.45. The van der Waals surface area contributed by atoms with Gasteiger partial charge in [0.2, 0.25) is 15.9 Å². The van der Waals surface area contributed by atoms with Crippen LogP contribution in [-0.2, 0) is 27.9 Å². The third-order valence-electron chi connectivity index (χ3n) is 6.27. The topological polar surface area (TPSA) is 69.7 Å². The summed E-state index contributed by atoms with van der Waals surface area (Å²) in [6, 6.07) is 14.5. The van der Waals surface area contributed by atoms with Crippen LogP contribution in [0.1, 0.15) is 36.8 Å². The molecule has 2 aliphatic heterocycles. The number of carbonyl (C=O) groups is 1. The Labute approximate surface area is 195 Å². The molecule has 2 aromatic rings. The maximum Gasteiger partial charge on any atom is 0.243 e. The highest BCUT2D eigenvalue weighted by atomic mass is 35.5. The second-order valence-electron chi connectivity index (χ2n) is 8.68. The van der Waals surface area contributed by atoms with Gasteiger partial charge >= 0.3 is 0 Å². The molecule has 1 unspecified atom stereocenters. The number of nitrogens with one attached hydrogen (secondary N) is 1. The summed E-state index contributed by atoms with van der Waals surface area (Å²) < 4.78 is 27.4. The summed E-state index contributed by atoms with van der Waals surface area (Å²) in [6.07, 6.45) is 3.88. The second kappa shape index (κ2) is 10.3. The third-order valence-corrected chi connectivity index (χ3v) is 8.40.